The standard InChI is InChI=1S/C33H35Cl2N5O5S2/c1-33(10-11-33)47(42,43)39-31(41)18-12-25(44-2)29-26(13-18)46-32(37-29)40-20-8-9-21(40)15-19(14-20)36-16-22-28(38-45-30(22)17-6-7-17)27-23(34)4-3-5-24(27)35/h3-5,12-13,17,19-21,36H,6-11,14-16H2,1-2H3,(H,39,41). The maximum atomic E-state index is 13.0. The highest BCUT2D eigenvalue weighted by molar-refractivity contribution is 7.91. The van der Waals surface area contributed by atoms with Crippen molar-refractivity contribution in [2.75, 3.05) is 12.0 Å². The number of anilines is 1. The van der Waals surface area contributed by atoms with Crippen molar-refractivity contribution in [2.45, 2.75) is 93.6 Å². The van der Waals surface area contributed by atoms with E-state index >= 15 is 0 Å². The Bertz CT molecular complexity index is 1970. The van der Waals surface area contributed by atoms with Gasteiger partial charge in [0, 0.05) is 47.3 Å². The number of methoxy groups -OCH3 is 1. The summed E-state index contributed by atoms with van der Waals surface area (Å²) in [7, 11) is -2.23. The van der Waals surface area contributed by atoms with Crippen LogP contribution in [-0.4, -0.2) is 54.4 Å². The van der Waals surface area contributed by atoms with Gasteiger partial charge in [0.15, 0.2) is 5.13 Å². The van der Waals surface area contributed by atoms with Crippen LogP contribution >= 0.6 is 34.5 Å². The van der Waals surface area contributed by atoms with Crippen molar-refractivity contribution in [3.05, 3.63) is 57.3 Å². The Hall–Kier alpha value is -2.90. The monoisotopic (exact) mass is 715 g/mol. The number of carbonyl (C=O) groups is 1. The molecule has 0 radical (unpaired) electrons. The van der Waals surface area contributed by atoms with Gasteiger partial charge in [-0.05, 0) is 82.6 Å². The molecule has 8 rings (SSSR count). The zero-order valence-corrected chi connectivity index (χ0v) is 29.2. The third kappa shape index (κ3) is 5.59. The van der Waals surface area contributed by atoms with Gasteiger partial charge in [-0.3, -0.25) is 4.79 Å². The van der Waals surface area contributed by atoms with Gasteiger partial charge in [0.05, 0.1) is 26.6 Å². The lowest BCUT2D eigenvalue weighted by molar-refractivity contribution is 0.0980. The van der Waals surface area contributed by atoms with Crippen molar-refractivity contribution < 1.29 is 22.5 Å². The van der Waals surface area contributed by atoms with Crippen LogP contribution < -0.4 is 19.7 Å². The van der Waals surface area contributed by atoms with Gasteiger partial charge in [0.25, 0.3) is 5.91 Å². The Morgan fingerprint density at radius 3 is 2.47 bits per heavy atom. The summed E-state index contributed by atoms with van der Waals surface area (Å²) in [4.78, 5) is 20.5. The van der Waals surface area contributed by atoms with Gasteiger partial charge in [0.1, 0.15) is 22.7 Å². The Kier molecular flexibility index (Phi) is 7.75. The average molecular weight is 717 g/mol. The van der Waals surface area contributed by atoms with Crippen molar-refractivity contribution in [1.82, 2.24) is 20.2 Å². The van der Waals surface area contributed by atoms with Crippen LogP contribution in [0.2, 0.25) is 10.0 Å². The Labute approximate surface area is 287 Å². The number of hydrogen-bond acceptors (Lipinski definition) is 10. The molecule has 1 amide bonds. The summed E-state index contributed by atoms with van der Waals surface area (Å²) >= 11 is 14.7. The number of benzene rings is 2. The average Bonchev–Trinajstić information content (AvgIpc) is 3.92. The van der Waals surface area contributed by atoms with E-state index in [9.17, 15) is 13.2 Å². The van der Waals surface area contributed by atoms with E-state index < -0.39 is 20.7 Å². The first-order valence-electron chi connectivity index (χ1n) is 16.0. The van der Waals surface area contributed by atoms with E-state index in [-0.39, 0.29) is 5.56 Å². The zero-order chi connectivity index (χ0) is 32.7. The Balaban J connectivity index is 1.00. The van der Waals surface area contributed by atoms with E-state index in [1.807, 2.05) is 18.2 Å². The number of halogens is 2. The second kappa shape index (κ2) is 11.6. The highest BCUT2D eigenvalue weighted by Crippen LogP contribution is 2.47. The summed E-state index contributed by atoms with van der Waals surface area (Å²) in [6.07, 6.45) is 7.34. The van der Waals surface area contributed by atoms with E-state index in [2.05, 4.69) is 20.1 Å². The molecule has 4 aliphatic rings. The van der Waals surface area contributed by atoms with Gasteiger partial charge in [-0.15, -0.1) is 0 Å². The molecule has 2 aliphatic heterocycles. The van der Waals surface area contributed by atoms with Crippen LogP contribution in [0, 0.1) is 0 Å². The zero-order valence-electron chi connectivity index (χ0n) is 26.0. The van der Waals surface area contributed by atoms with E-state index in [0.29, 0.717) is 76.0 Å². The largest absolute Gasteiger partial charge is 0.494 e. The van der Waals surface area contributed by atoms with Crippen LogP contribution in [0.1, 0.15) is 85.9 Å². The summed E-state index contributed by atoms with van der Waals surface area (Å²) in [5.74, 6) is 1.11. The Morgan fingerprint density at radius 1 is 1.13 bits per heavy atom. The topological polar surface area (TPSA) is 127 Å². The minimum absolute atomic E-state index is 0.236. The molecular formula is C33H35Cl2N5O5S2. The number of amides is 1. The Morgan fingerprint density at radius 2 is 1.83 bits per heavy atom. The number of nitrogens with zero attached hydrogens (tertiary/aromatic N) is 3. The lowest BCUT2D eigenvalue weighted by Gasteiger charge is -2.39. The van der Waals surface area contributed by atoms with E-state index in [1.54, 1.807) is 19.1 Å². The number of hydrogen-bond donors (Lipinski definition) is 2. The molecule has 47 heavy (non-hydrogen) atoms. The fourth-order valence-corrected chi connectivity index (χ4v) is 10.1. The molecule has 10 nitrogen and oxygen atoms in total. The SMILES string of the molecule is COc1cc(C(=O)NS(=O)(=O)C2(C)CC2)cc2sc(N3C4CCC3CC(NCc3c(-c5c(Cl)cccc5Cl)noc3C3CC3)C4)nc12. The van der Waals surface area contributed by atoms with Crippen LogP contribution in [0.3, 0.4) is 0 Å². The number of ether oxygens (including phenoxy) is 1. The molecule has 2 aromatic carbocycles. The molecule has 14 heteroatoms. The molecule has 2 N–H and O–H groups in total. The third-order valence-electron chi connectivity index (χ3n) is 10.2. The quantitative estimate of drug-likeness (QED) is 0.178. The van der Waals surface area contributed by atoms with Gasteiger partial charge in [0.2, 0.25) is 10.0 Å². The van der Waals surface area contributed by atoms with Gasteiger partial charge in [-0.25, -0.2) is 18.1 Å². The summed E-state index contributed by atoms with van der Waals surface area (Å²) in [6.45, 7) is 2.28. The molecule has 248 valence electrons. The van der Waals surface area contributed by atoms with Gasteiger partial charge in [-0.1, -0.05) is 45.8 Å². The molecule has 2 bridgehead atoms. The molecule has 4 heterocycles. The van der Waals surface area contributed by atoms with E-state index in [0.717, 1.165) is 59.7 Å². The first kappa shape index (κ1) is 31.4. The molecule has 2 unspecified atom stereocenters. The van der Waals surface area contributed by atoms with Crippen molar-refractivity contribution in [2.24, 2.45) is 0 Å². The summed E-state index contributed by atoms with van der Waals surface area (Å²) < 4.78 is 39.1. The first-order valence-corrected chi connectivity index (χ1v) is 19.1. The molecule has 2 aromatic heterocycles. The predicted molar refractivity (Wildman–Crippen MR) is 183 cm³/mol. The number of rotatable bonds is 10. The molecule has 4 fully saturated rings. The van der Waals surface area contributed by atoms with Crippen LogP contribution in [-0.2, 0) is 16.6 Å². The summed E-state index contributed by atoms with van der Waals surface area (Å²) in [5.41, 5.74) is 3.37. The van der Waals surface area contributed by atoms with Crippen molar-refractivity contribution >= 4 is 65.8 Å². The number of piperidine rings is 1. The number of carbonyl (C=O) groups excluding carboxylic acids is 1. The second-order valence-corrected chi connectivity index (χ2v) is 17.5. The molecule has 2 atom stereocenters. The second-order valence-electron chi connectivity index (χ2n) is 13.5. The van der Waals surface area contributed by atoms with E-state index in [1.165, 1.54) is 18.4 Å². The molecule has 4 aromatic rings. The minimum Gasteiger partial charge on any atom is -0.494 e. The minimum atomic E-state index is -3.76. The number of nitrogens with one attached hydrogen (secondary N) is 2. The molecule has 2 saturated heterocycles. The molecular weight excluding hydrogens is 681 g/mol. The number of fused-ring (bicyclic) bond motifs is 3. The smallest absolute Gasteiger partial charge is 0.264 e. The highest BCUT2D eigenvalue weighted by Gasteiger charge is 2.51. The maximum absolute atomic E-state index is 13.0. The van der Waals surface area contributed by atoms with E-state index in [4.69, 9.17) is 37.4 Å². The lowest BCUT2D eigenvalue weighted by atomic mass is 9.97. The van der Waals surface area contributed by atoms with Crippen LogP contribution in [0.15, 0.2) is 34.9 Å². The molecule has 2 saturated carbocycles. The number of thiazole rings is 1. The number of sulfonamides is 1. The first-order chi connectivity index (χ1) is 22.5. The number of aromatic nitrogens is 2. The van der Waals surface area contributed by atoms with Gasteiger partial charge < -0.3 is 19.5 Å². The summed E-state index contributed by atoms with van der Waals surface area (Å²) in [5, 5.41) is 10.3. The maximum Gasteiger partial charge on any atom is 0.264 e. The predicted octanol–water partition coefficient (Wildman–Crippen LogP) is 7.05. The summed E-state index contributed by atoms with van der Waals surface area (Å²) in [6, 6.07) is 9.70. The van der Waals surface area contributed by atoms with Crippen LogP contribution in [0.5, 0.6) is 5.75 Å². The van der Waals surface area contributed by atoms with Crippen LogP contribution in [0.25, 0.3) is 21.5 Å². The highest BCUT2D eigenvalue weighted by atomic mass is 35.5. The lowest BCUT2D eigenvalue weighted by Crippen LogP contribution is -2.49. The van der Waals surface area contributed by atoms with Crippen molar-refractivity contribution in [3.63, 3.8) is 0 Å². The normalized spacial score (nSPS) is 23.3. The van der Waals surface area contributed by atoms with Gasteiger partial charge >= 0.3 is 0 Å². The van der Waals surface area contributed by atoms with Crippen molar-refractivity contribution in [1.29, 1.82) is 0 Å². The van der Waals surface area contributed by atoms with Gasteiger partial charge in [-0.2, -0.15) is 0 Å². The third-order valence-corrected chi connectivity index (χ3v) is 14.1. The molecule has 2 aliphatic carbocycles. The molecule has 0 spiro atoms. The van der Waals surface area contributed by atoms with Crippen LogP contribution in [0.4, 0.5) is 5.13 Å². The fourth-order valence-electron chi connectivity index (χ4n) is 7.12. The van der Waals surface area contributed by atoms with Crippen molar-refractivity contribution in [3.8, 4) is 17.0 Å². The fraction of sp³-hybridized carbons (Fsp3) is 0.485.